The molecule has 244 valence electrons. The van der Waals surface area contributed by atoms with Crippen molar-refractivity contribution >= 4 is 80.3 Å². The number of para-hydroxylation sites is 6. The standard InChI is InChI=1S/C49H32B2N2/c1-3-17-33(18-4-1)50-39-25-9-13-31-45(39)52-43-29-11-7-21-35(43)49(37-23-15-27-41(50)47(37)52)36-22-8-12-30-44(36)53-46-32-14-10-26-40(46)51(34-19-5-2-6-20-34)42-28-16-24-38(49)48(42)53/h1-32H. The molecule has 4 heteroatoms. The fraction of sp³-hybridized carbons (Fsp3) is 0.0204. The fourth-order valence-electron chi connectivity index (χ4n) is 10.5. The minimum atomic E-state index is -0.572. The average molecular weight is 670 g/mol. The summed E-state index contributed by atoms with van der Waals surface area (Å²) in [6.45, 7) is 0.213. The van der Waals surface area contributed by atoms with Crippen LogP contribution in [0.1, 0.15) is 22.3 Å². The van der Waals surface area contributed by atoms with Gasteiger partial charge in [-0.1, -0.05) is 181 Å². The number of hydrogen-bond donors (Lipinski definition) is 0. The number of nitrogens with zero attached hydrogens (tertiary/aromatic N) is 2. The molecule has 8 aromatic carbocycles. The van der Waals surface area contributed by atoms with Crippen molar-refractivity contribution in [2.75, 3.05) is 9.80 Å². The molecule has 0 amide bonds. The van der Waals surface area contributed by atoms with Crippen molar-refractivity contribution in [1.82, 2.24) is 0 Å². The van der Waals surface area contributed by atoms with E-state index in [1.54, 1.807) is 0 Å². The zero-order valence-electron chi connectivity index (χ0n) is 29.0. The first kappa shape index (κ1) is 29.1. The Labute approximate surface area is 310 Å². The van der Waals surface area contributed by atoms with Crippen LogP contribution in [0.15, 0.2) is 194 Å². The molecule has 0 bridgehead atoms. The van der Waals surface area contributed by atoms with Gasteiger partial charge >= 0.3 is 0 Å². The van der Waals surface area contributed by atoms with Crippen LogP contribution in [-0.2, 0) is 5.41 Å². The van der Waals surface area contributed by atoms with E-state index in [1.165, 1.54) is 89.2 Å². The molecular weight excluding hydrogens is 638 g/mol. The summed E-state index contributed by atoms with van der Waals surface area (Å²) in [5, 5.41) is 0. The number of anilines is 6. The lowest BCUT2D eigenvalue weighted by Gasteiger charge is -2.54. The van der Waals surface area contributed by atoms with E-state index in [4.69, 9.17) is 0 Å². The van der Waals surface area contributed by atoms with Gasteiger partial charge in [-0.3, -0.25) is 0 Å². The molecule has 0 aliphatic carbocycles. The molecule has 4 aliphatic heterocycles. The highest BCUT2D eigenvalue weighted by molar-refractivity contribution is 6.98. The van der Waals surface area contributed by atoms with Crippen LogP contribution in [0.2, 0.25) is 0 Å². The highest BCUT2D eigenvalue weighted by Crippen LogP contribution is 2.63. The number of benzene rings is 8. The quantitative estimate of drug-likeness (QED) is 0.178. The maximum atomic E-state index is 2.58. The van der Waals surface area contributed by atoms with Crippen molar-refractivity contribution in [2.24, 2.45) is 0 Å². The van der Waals surface area contributed by atoms with Crippen LogP contribution < -0.4 is 42.6 Å². The van der Waals surface area contributed by atoms with Crippen molar-refractivity contribution in [3.63, 3.8) is 0 Å². The summed E-state index contributed by atoms with van der Waals surface area (Å²) in [6.07, 6.45) is 0. The van der Waals surface area contributed by atoms with Crippen LogP contribution in [0.25, 0.3) is 0 Å². The molecular formula is C49H32B2N2. The van der Waals surface area contributed by atoms with Gasteiger partial charge in [0.05, 0.1) is 16.8 Å². The first-order chi connectivity index (χ1) is 26.4. The van der Waals surface area contributed by atoms with E-state index < -0.39 is 5.41 Å². The van der Waals surface area contributed by atoms with Gasteiger partial charge < -0.3 is 9.80 Å². The summed E-state index contributed by atoms with van der Waals surface area (Å²) in [7, 11) is 0. The Balaban J connectivity index is 1.24. The molecule has 8 aromatic rings. The van der Waals surface area contributed by atoms with Crippen molar-refractivity contribution in [3.8, 4) is 0 Å². The molecule has 4 aliphatic rings. The zero-order valence-corrected chi connectivity index (χ0v) is 29.0. The molecule has 1 spiro atoms. The second kappa shape index (κ2) is 10.8. The molecule has 0 saturated carbocycles. The second-order valence-electron chi connectivity index (χ2n) is 14.7. The summed E-state index contributed by atoms with van der Waals surface area (Å²) < 4.78 is 0. The number of hydrogen-bond acceptors (Lipinski definition) is 2. The molecule has 0 radical (unpaired) electrons. The molecule has 0 saturated heterocycles. The van der Waals surface area contributed by atoms with Crippen LogP contribution in [0, 0.1) is 0 Å². The molecule has 0 atom stereocenters. The summed E-state index contributed by atoms with van der Waals surface area (Å²) in [6, 6.07) is 72.9. The van der Waals surface area contributed by atoms with Gasteiger partial charge in [0, 0.05) is 22.7 Å². The van der Waals surface area contributed by atoms with Gasteiger partial charge in [0.25, 0.3) is 0 Å². The van der Waals surface area contributed by atoms with Crippen LogP contribution in [0.5, 0.6) is 0 Å². The highest BCUT2D eigenvalue weighted by atomic mass is 15.2. The van der Waals surface area contributed by atoms with Gasteiger partial charge in [0.2, 0.25) is 13.4 Å². The number of fused-ring (bicyclic) bond motifs is 12. The third-order valence-corrected chi connectivity index (χ3v) is 12.4. The van der Waals surface area contributed by atoms with Gasteiger partial charge in [-0.2, -0.15) is 0 Å². The second-order valence-corrected chi connectivity index (χ2v) is 14.7. The van der Waals surface area contributed by atoms with Gasteiger partial charge in [-0.05, 0) is 68.4 Å². The molecule has 4 heterocycles. The van der Waals surface area contributed by atoms with Crippen molar-refractivity contribution in [1.29, 1.82) is 0 Å². The molecule has 0 fully saturated rings. The highest BCUT2D eigenvalue weighted by Gasteiger charge is 2.55. The molecule has 53 heavy (non-hydrogen) atoms. The maximum Gasteiger partial charge on any atom is 0.246 e. The average Bonchev–Trinajstić information content (AvgIpc) is 3.23. The largest absolute Gasteiger partial charge is 0.311 e. The van der Waals surface area contributed by atoms with E-state index in [2.05, 4.69) is 204 Å². The topological polar surface area (TPSA) is 6.48 Å². The molecule has 12 rings (SSSR count). The van der Waals surface area contributed by atoms with E-state index in [-0.39, 0.29) is 13.4 Å². The monoisotopic (exact) mass is 670 g/mol. The van der Waals surface area contributed by atoms with Crippen LogP contribution in [0.3, 0.4) is 0 Å². The zero-order chi connectivity index (χ0) is 34.7. The first-order valence-electron chi connectivity index (χ1n) is 18.7. The van der Waals surface area contributed by atoms with Crippen molar-refractivity contribution in [2.45, 2.75) is 5.41 Å². The molecule has 0 N–H and O–H groups in total. The Kier molecular flexibility index (Phi) is 5.91. The molecule has 0 unspecified atom stereocenters. The van der Waals surface area contributed by atoms with E-state index in [9.17, 15) is 0 Å². The summed E-state index contributed by atoms with van der Waals surface area (Å²) in [5.41, 5.74) is 20.3. The summed E-state index contributed by atoms with van der Waals surface area (Å²) >= 11 is 0. The van der Waals surface area contributed by atoms with E-state index in [0.717, 1.165) is 0 Å². The fourth-order valence-corrected chi connectivity index (χ4v) is 10.5. The van der Waals surface area contributed by atoms with Gasteiger partial charge in [-0.25, -0.2) is 0 Å². The van der Waals surface area contributed by atoms with Crippen LogP contribution in [0.4, 0.5) is 34.1 Å². The van der Waals surface area contributed by atoms with E-state index in [1.807, 2.05) is 0 Å². The third kappa shape index (κ3) is 3.65. The van der Waals surface area contributed by atoms with Crippen LogP contribution >= 0.6 is 0 Å². The Hall–Kier alpha value is -6.51. The SMILES string of the molecule is c1ccc(B2c3ccccc3N3c4ccccc4C4(c5ccccc5N5c6ccccc6B(c6ccccc6)c6cccc4c65)c4cccc2c43)cc1. The smallest absolute Gasteiger partial charge is 0.246 e. The normalized spacial score (nSPS) is 14.8. The summed E-state index contributed by atoms with van der Waals surface area (Å²) in [5.74, 6) is 0. The Morgan fingerprint density at radius 3 is 1.08 bits per heavy atom. The molecule has 0 aromatic heterocycles. The van der Waals surface area contributed by atoms with Gasteiger partial charge in [0.15, 0.2) is 0 Å². The van der Waals surface area contributed by atoms with E-state index >= 15 is 0 Å². The lowest BCUT2D eigenvalue weighted by atomic mass is 9.34. The predicted molar refractivity (Wildman–Crippen MR) is 223 cm³/mol. The minimum Gasteiger partial charge on any atom is -0.311 e. The Bertz CT molecular complexity index is 2590. The van der Waals surface area contributed by atoms with E-state index in [0.29, 0.717) is 0 Å². The van der Waals surface area contributed by atoms with Gasteiger partial charge in [-0.15, -0.1) is 0 Å². The minimum absolute atomic E-state index is 0.107. The van der Waals surface area contributed by atoms with Crippen LogP contribution in [-0.4, -0.2) is 13.4 Å². The Morgan fingerprint density at radius 2 is 0.623 bits per heavy atom. The lowest BCUT2D eigenvalue weighted by Crippen LogP contribution is -2.60. The van der Waals surface area contributed by atoms with Crippen molar-refractivity contribution in [3.05, 3.63) is 216 Å². The first-order valence-corrected chi connectivity index (χ1v) is 18.7. The van der Waals surface area contributed by atoms with Crippen molar-refractivity contribution < 1.29 is 0 Å². The predicted octanol–water partition coefficient (Wildman–Crippen LogP) is 7.29. The summed E-state index contributed by atoms with van der Waals surface area (Å²) in [4.78, 5) is 5.15. The maximum absolute atomic E-state index is 2.58. The van der Waals surface area contributed by atoms with Gasteiger partial charge in [0.1, 0.15) is 0 Å². The lowest BCUT2D eigenvalue weighted by molar-refractivity contribution is 0.720. The third-order valence-electron chi connectivity index (χ3n) is 12.4. The molecule has 2 nitrogen and oxygen atoms in total. The number of rotatable bonds is 2. The Morgan fingerprint density at radius 1 is 0.283 bits per heavy atom.